The summed E-state index contributed by atoms with van der Waals surface area (Å²) >= 11 is 0. The van der Waals surface area contributed by atoms with Gasteiger partial charge >= 0.3 is 0 Å². The van der Waals surface area contributed by atoms with Gasteiger partial charge in [-0.1, -0.05) is 30.3 Å². The number of hydrogen-bond acceptors (Lipinski definition) is 4. The smallest absolute Gasteiger partial charge is 0.162 e. The largest absolute Gasteiger partial charge is 0.316 e. The molecule has 2 saturated heterocycles. The molecule has 2 aromatic heterocycles. The van der Waals surface area contributed by atoms with Crippen molar-refractivity contribution >= 4 is 5.65 Å². The third kappa shape index (κ3) is 2.91. The molecule has 1 spiro atoms. The van der Waals surface area contributed by atoms with E-state index in [4.69, 9.17) is 4.98 Å². The van der Waals surface area contributed by atoms with Gasteiger partial charge in [0.2, 0.25) is 0 Å². The van der Waals surface area contributed by atoms with Crippen LogP contribution in [-0.4, -0.2) is 45.7 Å². The minimum absolute atomic E-state index is 0.502. The van der Waals surface area contributed by atoms with Crippen molar-refractivity contribution in [3.05, 3.63) is 54.5 Å². The Bertz CT molecular complexity index is 895. The molecule has 1 N–H and O–H groups in total. The second kappa shape index (κ2) is 6.49. The minimum atomic E-state index is 0.502. The van der Waals surface area contributed by atoms with E-state index in [0.29, 0.717) is 5.41 Å². The number of piperidine rings is 1. The molecule has 0 radical (unpaired) electrons. The van der Waals surface area contributed by atoms with E-state index in [-0.39, 0.29) is 0 Å². The first-order valence-corrected chi connectivity index (χ1v) is 9.62. The maximum Gasteiger partial charge on any atom is 0.162 e. The second-order valence-corrected chi connectivity index (χ2v) is 7.90. The van der Waals surface area contributed by atoms with Gasteiger partial charge in [-0.2, -0.15) is 5.10 Å². The molecule has 0 amide bonds. The SMILES string of the molecule is c1ccc(-c2cnn3cc(CN4CCCC5(CCNC5)C4)cnc23)cc1. The lowest BCUT2D eigenvalue weighted by molar-refractivity contribution is 0.0976. The summed E-state index contributed by atoms with van der Waals surface area (Å²) in [6.07, 6.45) is 10.1. The molecular weight excluding hydrogens is 322 g/mol. The van der Waals surface area contributed by atoms with Crippen molar-refractivity contribution in [3.8, 4) is 11.1 Å². The maximum absolute atomic E-state index is 4.73. The fourth-order valence-electron chi connectivity index (χ4n) is 4.66. The number of rotatable bonds is 3. The van der Waals surface area contributed by atoms with Gasteiger partial charge in [0.25, 0.3) is 0 Å². The lowest BCUT2D eigenvalue weighted by Gasteiger charge is -2.40. The van der Waals surface area contributed by atoms with Gasteiger partial charge in [-0.25, -0.2) is 9.50 Å². The van der Waals surface area contributed by atoms with E-state index in [1.165, 1.54) is 51.0 Å². The maximum atomic E-state index is 4.73. The summed E-state index contributed by atoms with van der Waals surface area (Å²) in [4.78, 5) is 7.33. The molecule has 1 aromatic carbocycles. The molecule has 1 unspecified atom stereocenters. The number of nitrogens with one attached hydrogen (secondary N) is 1. The highest BCUT2D eigenvalue weighted by atomic mass is 15.2. The summed E-state index contributed by atoms with van der Waals surface area (Å²) in [5, 5.41) is 8.10. The summed E-state index contributed by atoms with van der Waals surface area (Å²) in [5.41, 5.74) is 4.92. The Labute approximate surface area is 154 Å². The monoisotopic (exact) mass is 347 g/mol. The van der Waals surface area contributed by atoms with Crippen molar-refractivity contribution in [1.29, 1.82) is 0 Å². The minimum Gasteiger partial charge on any atom is -0.316 e. The van der Waals surface area contributed by atoms with Crippen LogP contribution in [-0.2, 0) is 6.54 Å². The van der Waals surface area contributed by atoms with Crippen molar-refractivity contribution < 1.29 is 0 Å². The Hall–Kier alpha value is -2.24. The number of aromatic nitrogens is 3. The van der Waals surface area contributed by atoms with Crippen LogP contribution in [0.2, 0.25) is 0 Å². The van der Waals surface area contributed by atoms with E-state index in [9.17, 15) is 0 Å². The van der Waals surface area contributed by atoms with E-state index in [1.807, 2.05) is 23.0 Å². The fourth-order valence-corrected chi connectivity index (χ4v) is 4.66. The molecule has 2 fully saturated rings. The summed E-state index contributed by atoms with van der Waals surface area (Å²) in [6, 6.07) is 10.4. The number of benzene rings is 1. The van der Waals surface area contributed by atoms with Crippen LogP contribution in [0.25, 0.3) is 16.8 Å². The predicted octanol–water partition coefficient (Wildman–Crippen LogP) is 2.97. The highest BCUT2D eigenvalue weighted by Crippen LogP contribution is 2.36. The van der Waals surface area contributed by atoms with Crippen LogP contribution < -0.4 is 5.32 Å². The third-order valence-electron chi connectivity index (χ3n) is 5.97. The molecule has 0 saturated carbocycles. The van der Waals surface area contributed by atoms with Gasteiger partial charge in [0, 0.05) is 43.2 Å². The van der Waals surface area contributed by atoms with Crippen LogP contribution in [0.15, 0.2) is 48.9 Å². The molecule has 5 heteroatoms. The van der Waals surface area contributed by atoms with E-state index in [2.05, 4.69) is 45.8 Å². The zero-order chi connectivity index (χ0) is 17.4. The molecule has 3 aromatic rings. The molecule has 2 aliphatic heterocycles. The molecule has 5 rings (SSSR count). The quantitative estimate of drug-likeness (QED) is 0.791. The van der Waals surface area contributed by atoms with Gasteiger partial charge in [-0.05, 0) is 43.3 Å². The first kappa shape index (κ1) is 16.0. The highest BCUT2D eigenvalue weighted by molar-refractivity contribution is 5.76. The average molecular weight is 347 g/mol. The van der Waals surface area contributed by atoms with Crippen LogP contribution in [0, 0.1) is 5.41 Å². The van der Waals surface area contributed by atoms with Crippen molar-refractivity contribution in [2.24, 2.45) is 5.41 Å². The zero-order valence-corrected chi connectivity index (χ0v) is 15.1. The van der Waals surface area contributed by atoms with Crippen molar-refractivity contribution in [2.45, 2.75) is 25.8 Å². The van der Waals surface area contributed by atoms with Gasteiger partial charge in [-0.3, -0.25) is 4.90 Å². The summed E-state index contributed by atoms with van der Waals surface area (Å²) in [6.45, 7) is 5.71. The molecule has 26 heavy (non-hydrogen) atoms. The van der Waals surface area contributed by atoms with Crippen molar-refractivity contribution in [3.63, 3.8) is 0 Å². The second-order valence-electron chi connectivity index (χ2n) is 7.90. The summed E-state index contributed by atoms with van der Waals surface area (Å²) in [7, 11) is 0. The Kier molecular flexibility index (Phi) is 3.98. The molecule has 134 valence electrons. The van der Waals surface area contributed by atoms with Crippen molar-refractivity contribution in [2.75, 3.05) is 26.2 Å². The van der Waals surface area contributed by atoms with E-state index in [1.54, 1.807) is 0 Å². The van der Waals surface area contributed by atoms with Crippen LogP contribution in [0.5, 0.6) is 0 Å². The molecule has 1 atom stereocenters. The number of hydrogen-bond donors (Lipinski definition) is 1. The molecule has 4 heterocycles. The molecular formula is C21H25N5. The van der Waals surface area contributed by atoms with Gasteiger partial charge < -0.3 is 5.32 Å². The summed E-state index contributed by atoms with van der Waals surface area (Å²) < 4.78 is 1.93. The number of likely N-dealkylation sites (tertiary alicyclic amines) is 1. The fraction of sp³-hybridized carbons (Fsp3) is 0.429. The van der Waals surface area contributed by atoms with Gasteiger partial charge in [0.1, 0.15) is 0 Å². The molecule has 0 bridgehead atoms. The zero-order valence-electron chi connectivity index (χ0n) is 15.1. The Morgan fingerprint density at radius 3 is 2.88 bits per heavy atom. The topological polar surface area (TPSA) is 45.5 Å². The first-order chi connectivity index (χ1) is 12.8. The lowest BCUT2D eigenvalue weighted by Crippen LogP contribution is -2.44. The van der Waals surface area contributed by atoms with Crippen LogP contribution in [0.1, 0.15) is 24.8 Å². The van der Waals surface area contributed by atoms with Crippen molar-refractivity contribution in [1.82, 2.24) is 24.8 Å². The molecule has 0 aliphatic carbocycles. The molecule has 5 nitrogen and oxygen atoms in total. The average Bonchev–Trinajstić information content (AvgIpc) is 3.29. The summed E-state index contributed by atoms with van der Waals surface area (Å²) in [5.74, 6) is 0. The number of nitrogens with zero attached hydrogens (tertiary/aromatic N) is 4. The highest BCUT2D eigenvalue weighted by Gasteiger charge is 2.37. The van der Waals surface area contributed by atoms with Gasteiger partial charge in [-0.15, -0.1) is 0 Å². The van der Waals surface area contributed by atoms with Crippen LogP contribution in [0.4, 0.5) is 0 Å². The Morgan fingerprint density at radius 2 is 2.04 bits per heavy atom. The molecule has 2 aliphatic rings. The van der Waals surface area contributed by atoms with Crippen LogP contribution in [0.3, 0.4) is 0 Å². The van der Waals surface area contributed by atoms with Crippen LogP contribution >= 0.6 is 0 Å². The predicted molar refractivity (Wildman–Crippen MR) is 103 cm³/mol. The first-order valence-electron chi connectivity index (χ1n) is 9.62. The lowest BCUT2D eigenvalue weighted by atomic mass is 9.79. The van der Waals surface area contributed by atoms with Gasteiger partial charge in [0.05, 0.1) is 6.20 Å². The standard InChI is InChI=1S/C21H25N5/c1-2-5-18(6-3-1)19-12-24-26-14-17(11-23-20(19)26)13-25-10-4-7-21(16-25)8-9-22-15-21/h1-3,5-6,11-12,14,22H,4,7-10,13,15-16H2. The van der Waals surface area contributed by atoms with E-state index < -0.39 is 0 Å². The van der Waals surface area contributed by atoms with E-state index in [0.717, 1.165) is 23.3 Å². The van der Waals surface area contributed by atoms with E-state index >= 15 is 0 Å². The Balaban J connectivity index is 1.37. The normalized spacial score (nSPS) is 23.8. The third-order valence-corrected chi connectivity index (χ3v) is 5.97. The Morgan fingerprint density at radius 1 is 1.12 bits per heavy atom. The number of fused-ring (bicyclic) bond motifs is 1. The van der Waals surface area contributed by atoms with Gasteiger partial charge in [0.15, 0.2) is 5.65 Å².